The Kier molecular flexibility index (Phi) is 5.07. The lowest BCUT2D eigenvalue weighted by Gasteiger charge is -2.33. The first-order chi connectivity index (χ1) is 11.5. The number of likely N-dealkylation sites (tertiary alicyclic amines) is 1. The van der Waals surface area contributed by atoms with Crippen LogP contribution in [0, 0.1) is 11.6 Å². The quantitative estimate of drug-likeness (QED) is 0.875. The lowest BCUT2D eigenvalue weighted by molar-refractivity contribution is -0.0525. The predicted molar refractivity (Wildman–Crippen MR) is 81.5 cm³/mol. The average molecular weight is 341 g/mol. The van der Waals surface area contributed by atoms with Gasteiger partial charge in [0.1, 0.15) is 11.4 Å². The number of pyridine rings is 1. The fraction of sp³-hybridized carbons (Fsp3) is 0.625. The van der Waals surface area contributed by atoms with E-state index >= 15 is 0 Å². The van der Waals surface area contributed by atoms with Gasteiger partial charge in [0.2, 0.25) is 0 Å². The molecule has 0 radical (unpaired) electrons. The maximum Gasteiger partial charge on any atom is 0.275 e. The molecule has 1 N–H and O–H groups in total. The molecule has 2 saturated heterocycles. The summed E-state index contributed by atoms with van der Waals surface area (Å²) in [5.74, 6) is -2.51. The van der Waals surface area contributed by atoms with E-state index in [9.17, 15) is 18.7 Å². The standard InChI is InChI=1S/C16H21F2N3O3/c17-12-7-13(18)14(19-8-12)15(22)21-5-6-24-11-16(23,10-21)9-20-3-1-2-4-20/h7-8,23H,1-6,9-11H2. The number of carbonyl (C=O) groups excluding carboxylic acids is 1. The van der Waals surface area contributed by atoms with Crippen LogP contribution in [0.5, 0.6) is 0 Å². The van der Waals surface area contributed by atoms with Gasteiger partial charge in [-0.15, -0.1) is 0 Å². The number of halogens is 2. The molecule has 0 aliphatic carbocycles. The monoisotopic (exact) mass is 341 g/mol. The number of hydrogen-bond donors (Lipinski definition) is 1. The maximum absolute atomic E-state index is 13.8. The van der Waals surface area contributed by atoms with E-state index in [2.05, 4.69) is 9.88 Å². The van der Waals surface area contributed by atoms with Gasteiger partial charge in [-0.25, -0.2) is 13.8 Å². The summed E-state index contributed by atoms with van der Waals surface area (Å²) in [6, 6.07) is 0.630. The van der Waals surface area contributed by atoms with Crippen molar-refractivity contribution in [1.82, 2.24) is 14.8 Å². The van der Waals surface area contributed by atoms with Crippen LogP contribution < -0.4 is 0 Å². The molecular formula is C16H21F2N3O3. The molecule has 3 rings (SSSR count). The minimum atomic E-state index is -1.22. The highest BCUT2D eigenvalue weighted by molar-refractivity contribution is 5.92. The van der Waals surface area contributed by atoms with Crippen LogP contribution in [-0.2, 0) is 4.74 Å². The molecule has 24 heavy (non-hydrogen) atoms. The summed E-state index contributed by atoms with van der Waals surface area (Å²) in [6.45, 7) is 2.83. The fourth-order valence-electron chi connectivity index (χ4n) is 3.26. The number of nitrogens with zero attached hydrogens (tertiary/aromatic N) is 3. The van der Waals surface area contributed by atoms with Crippen LogP contribution in [0.4, 0.5) is 8.78 Å². The van der Waals surface area contributed by atoms with Crippen LogP contribution in [0.15, 0.2) is 12.3 Å². The normalized spacial score (nSPS) is 25.7. The summed E-state index contributed by atoms with van der Waals surface area (Å²) >= 11 is 0. The maximum atomic E-state index is 13.8. The molecule has 0 saturated carbocycles. The first-order valence-electron chi connectivity index (χ1n) is 8.10. The summed E-state index contributed by atoms with van der Waals surface area (Å²) in [7, 11) is 0. The van der Waals surface area contributed by atoms with Crippen molar-refractivity contribution in [2.45, 2.75) is 18.4 Å². The first kappa shape index (κ1) is 17.2. The molecular weight excluding hydrogens is 320 g/mol. The van der Waals surface area contributed by atoms with E-state index in [4.69, 9.17) is 4.74 Å². The zero-order valence-corrected chi connectivity index (χ0v) is 13.4. The van der Waals surface area contributed by atoms with E-state index in [1.807, 2.05) is 0 Å². The van der Waals surface area contributed by atoms with Gasteiger partial charge >= 0.3 is 0 Å². The second-order valence-corrected chi connectivity index (χ2v) is 6.47. The number of β-amino-alcohol motifs (C(OH)–C–C–N with tert-alkyl or cyclic N) is 1. The van der Waals surface area contributed by atoms with Gasteiger partial charge in [0.15, 0.2) is 11.5 Å². The molecule has 2 aliphatic heterocycles. The molecule has 1 aromatic rings. The number of aromatic nitrogens is 1. The third-order valence-electron chi connectivity index (χ3n) is 4.38. The zero-order chi connectivity index (χ0) is 17.2. The van der Waals surface area contributed by atoms with Crippen molar-refractivity contribution in [1.29, 1.82) is 0 Å². The summed E-state index contributed by atoms with van der Waals surface area (Å²) in [6.07, 6.45) is 2.98. The molecule has 1 amide bonds. The Morgan fingerprint density at radius 1 is 1.33 bits per heavy atom. The van der Waals surface area contributed by atoms with E-state index in [-0.39, 0.29) is 26.3 Å². The van der Waals surface area contributed by atoms with Crippen molar-refractivity contribution in [3.05, 3.63) is 29.6 Å². The lowest BCUT2D eigenvalue weighted by Crippen LogP contribution is -2.53. The molecule has 1 aromatic heterocycles. The smallest absolute Gasteiger partial charge is 0.275 e. The molecule has 2 aliphatic rings. The third kappa shape index (κ3) is 3.88. The Morgan fingerprint density at radius 3 is 2.79 bits per heavy atom. The summed E-state index contributed by atoms with van der Waals surface area (Å²) in [4.78, 5) is 19.5. The highest BCUT2D eigenvalue weighted by Gasteiger charge is 2.37. The molecule has 8 heteroatoms. The Labute approximate surface area is 139 Å². The highest BCUT2D eigenvalue weighted by Crippen LogP contribution is 2.19. The molecule has 1 atom stereocenters. The number of rotatable bonds is 3. The SMILES string of the molecule is O=C(c1ncc(F)cc1F)N1CCOCC(O)(CN2CCCC2)C1. The van der Waals surface area contributed by atoms with Crippen LogP contribution in [0.25, 0.3) is 0 Å². The summed E-state index contributed by atoms with van der Waals surface area (Å²) in [5.41, 5.74) is -1.66. The number of aliphatic hydroxyl groups is 1. The van der Waals surface area contributed by atoms with Gasteiger partial charge in [0.05, 0.1) is 26.0 Å². The topological polar surface area (TPSA) is 65.9 Å². The van der Waals surface area contributed by atoms with Gasteiger partial charge < -0.3 is 19.6 Å². The van der Waals surface area contributed by atoms with E-state index in [0.29, 0.717) is 12.6 Å². The second-order valence-electron chi connectivity index (χ2n) is 6.47. The molecule has 2 fully saturated rings. The van der Waals surface area contributed by atoms with Crippen molar-refractivity contribution in [2.24, 2.45) is 0 Å². The zero-order valence-electron chi connectivity index (χ0n) is 13.4. The minimum absolute atomic E-state index is 0.0286. The molecule has 1 unspecified atom stereocenters. The van der Waals surface area contributed by atoms with Gasteiger partial charge in [0, 0.05) is 19.2 Å². The van der Waals surface area contributed by atoms with Crippen LogP contribution in [0.1, 0.15) is 23.3 Å². The predicted octanol–water partition coefficient (Wildman–Crippen LogP) is 0.659. The number of carbonyl (C=O) groups is 1. The van der Waals surface area contributed by atoms with Crippen LogP contribution in [-0.4, -0.2) is 77.3 Å². The number of amides is 1. The van der Waals surface area contributed by atoms with Gasteiger partial charge in [0.25, 0.3) is 5.91 Å². The molecule has 0 bridgehead atoms. The molecule has 6 nitrogen and oxygen atoms in total. The van der Waals surface area contributed by atoms with E-state index < -0.39 is 28.8 Å². The Morgan fingerprint density at radius 2 is 2.08 bits per heavy atom. The van der Waals surface area contributed by atoms with Crippen molar-refractivity contribution < 1.29 is 23.4 Å². The van der Waals surface area contributed by atoms with Crippen molar-refractivity contribution >= 4 is 5.91 Å². The van der Waals surface area contributed by atoms with Crippen molar-refractivity contribution in [3.8, 4) is 0 Å². The van der Waals surface area contributed by atoms with Crippen LogP contribution >= 0.6 is 0 Å². The Hall–Kier alpha value is -1.64. The molecule has 0 spiro atoms. The third-order valence-corrected chi connectivity index (χ3v) is 4.38. The van der Waals surface area contributed by atoms with Gasteiger partial charge in [-0.05, 0) is 25.9 Å². The van der Waals surface area contributed by atoms with Crippen molar-refractivity contribution in [3.63, 3.8) is 0 Å². The van der Waals surface area contributed by atoms with Crippen LogP contribution in [0.3, 0.4) is 0 Å². The van der Waals surface area contributed by atoms with Gasteiger partial charge in [-0.2, -0.15) is 0 Å². The number of ether oxygens (including phenoxy) is 1. The average Bonchev–Trinajstić information content (AvgIpc) is 2.94. The van der Waals surface area contributed by atoms with Gasteiger partial charge in [-0.3, -0.25) is 4.79 Å². The van der Waals surface area contributed by atoms with Crippen molar-refractivity contribution in [2.75, 3.05) is 45.9 Å². The molecule has 0 aromatic carbocycles. The van der Waals surface area contributed by atoms with E-state index in [0.717, 1.165) is 32.1 Å². The second kappa shape index (κ2) is 7.08. The minimum Gasteiger partial charge on any atom is -0.384 e. The fourth-order valence-corrected chi connectivity index (χ4v) is 3.26. The Bertz CT molecular complexity index is 610. The number of hydrogen-bond acceptors (Lipinski definition) is 5. The Balaban J connectivity index is 1.75. The van der Waals surface area contributed by atoms with Crippen LogP contribution in [0.2, 0.25) is 0 Å². The van der Waals surface area contributed by atoms with E-state index in [1.165, 1.54) is 4.90 Å². The lowest BCUT2D eigenvalue weighted by atomic mass is 10.0. The molecule has 3 heterocycles. The molecule has 132 valence electrons. The van der Waals surface area contributed by atoms with Gasteiger partial charge in [-0.1, -0.05) is 0 Å². The van der Waals surface area contributed by atoms with E-state index in [1.54, 1.807) is 0 Å². The summed E-state index contributed by atoms with van der Waals surface area (Å²) < 4.78 is 32.2. The first-order valence-corrected chi connectivity index (χ1v) is 8.10. The largest absolute Gasteiger partial charge is 0.384 e. The summed E-state index contributed by atoms with van der Waals surface area (Å²) in [5, 5.41) is 10.9. The highest BCUT2D eigenvalue weighted by atomic mass is 19.1.